The van der Waals surface area contributed by atoms with Crippen molar-refractivity contribution in [3.8, 4) is 0 Å². The second kappa shape index (κ2) is 12.4. The van der Waals surface area contributed by atoms with Gasteiger partial charge in [-0.3, -0.25) is 4.79 Å². The monoisotopic (exact) mass is 545 g/mol. The quantitative estimate of drug-likeness (QED) is 0.128. The number of amides is 1. The van der Waals surface area contributed by atoms with Crippen LogP contribution in [-0.2, 0) is 28.5 Å². The van der Waals surface area contributed by atoms with Gasteiger partial charge in [0.25, 0.3) is 0 Å². The molecule has 216 valence electrons. The maximum Gasteiger partial charge on any atom is 0.224 e. The van der Waals surface area contributed by atoms with Crippen molar-refractivity contribution in [2.24, 2.45) is 0 Å². The van der Waals surface area contributed by atoms with Crippen LogP contribution >= 0.6 is 0 Å². The Morgan fingerprint density at radius 1 is 0.784 bits per heavy atom. The zero-order valence-corrected chi connectivity index (χ0v) is 19.8. The molecular formula is C20H35NO16. The van der Waals surface area contributed by atoms with Gasteiger partial charge in [-0.2, -0.15) is 0 Å². The highest BCUT2D eigenvalue weighted by molar-refractivity contribution is 5.73. The van der Waals surface area contributed by atoms with E-state index in [0.717, 1.165) is 6.92 Å². The number of carbonyl (C=O) groups is 1. The number of aliphatic hydroxyl groups is 10. The Kier molecular flexibility index (Phi) is 10.2. The molecule has 0 radical (unpaired) electrons. The van der Waals surface area contributed by atoms with Crippen molar-refractivity contribution in [2.75, 3.05) is 26.4 Å². The summed E-state index contributed by atoms with van der Waals surface area (Å²) < 4.78 is 27.1. The Hall–Kier alpha value is -1.13. The van der Waals surface area contributed by atoms with Crippen LogP contribution in [0, 0.1) is 0 Å². The summed E-state index contributed by atoms with van der Waals surface area (Å²) in [4.78, 5) is 11.6. The van der Waals surface area contributed by atoms with Gasteiger partial charge in [0, 0.05) is 6.92 Å². The molecule has 0 aromatic rings. The minimum Gasteiger partial charge on any atom is -0.394 e. The predicted molar refractivity (Wildman–Crippen MR) is 113 cm³/mol. The molecule has 14 atom stereocenters. The van der Waals surface area contributed by atoms with Crippen molar-refractivity contribution in [3.63, 3.8) is 0 Å². The molecule has 0 bridgehead atoms. The van der Waals surface area contributed by atoms with E-state index in [1.54, 1.807) is 0 Å². The largest absolute Gasteiger partial charge is 0.394 e. The first kappa shape index (κ1) is 30.4. The average Bonchev–Trinajstić information content (AvgIpc) is 3.11. The molecule has 3 aliphatic heterocycles. The molecule has 3 rings (SSSR count). The zero-order chi connectivity index (χ0) is 27.7. The molecule has 3 heterocycles. The van der Waals surface area contributed by atoms with E-state index < -0.39 is 118 Å². The lowest BCUT2D eigenvalue weighted by Crippen LogP contribution is -2.67. The molecule has 0 unspecified atom stereocenters. The topological polar surface area (TPSA) is 278 Å². The SMILES string of the molecule is CC(=O)N[C@H]1[C@@H](O[C@]2(CO)O[C@H](CO[C@@H]3O[C@H](CO)[C@H](O)[C@H](O)[C@H]3O)[C@@H](O)[C@@H]2O)O[C@H](CO)[C@@H](O)[C@@H]1O. The minimum absolute atomic E-state index is 0.618. The van der Waals surface area contributed by atoms with Gasteiger partial charge in [-0.05, 0) is 0 Å². The molecular weight excluding hydrogens is 510 g/mol. The fourth-order valence-electron chi connectivity index (χ4n) is 4.42. The molecule has 3 aliphatic rings. The van der Waals surface area contributed by atoms with Crippen molar-refractivity contribution >= 4 is 5.91 Å². The van der Waals surface area contributed by atoms with Gasteiger partial charge >= 0.3 is 0 Å². The van der Waals surface area contributed by atoms with Crippen LogP contribution in [0.4, 0.5) is 0 Å². The third-order valence-electron chi connectivity index (χ3n) is 6.57. The number of hydrogen-bond donors (Lipinski definition) is 11. The fourth-order valence-corrected chi connectivity index (χ4v) is 4.42. The number of aliphatic hydroxyl groups excluding tert-OH is 10. The van der Waals surface area contributed by atoms with E-state index >= 15 is 0 Å². The lowest BCUT2D eigenvalue weighted by atomic mass is 9.96. The summed E-state index contributed by atoms with van der Waals surface area (Å²) in [7, 11) is 0. The molecule has 0 aromatic carbocycles. The van der Waals surface area contributed by atoms with Gasteiger partial charge in [-0.15, -0.1) is 0 Å². The molecule has 0 saturated carbocycles. The predicted octanol–water partition coefficient (Wildman–Crippen LogP) is -7.43. The van der Waals surface area contributed by atoms with Crippen molar-refractivity contribution in [2.45, 2.75) is 92.4 Å². The number of hydrogen-bond acceptors (Lipinski definition) is 16. The highest BCUT2D eigenvalue weighted by Crippen LogP contribution is 2.36. The van der Waals surface area contributed by atoms with E-state index in [9.17, 15) is 55.9 Å². The number of ether oxygens (including phenoxy) is 5. The third kappa shape index (κ3) is 6.06. The minimum atomic E-state index is -2.41. The van der Waals surface area contributed by atoms with Crippen molar-refractivity contribution in [3.05, 3.63) is 0 Å². The first-order valence-corrected chi connectivity index (χ1v) is 11.5. The molecule has 0 spiro atoms. The van der Waals surface area contributed by atoms with Crippen LogP contribution in [0.2, 0.25) is 0 Å². The van der Waals surface area contributed by atoms with Gasteiger partial charge in [0.05, 0.1) is 19.8 Å². The van der Waals surface area contributed by atoms with Crippen LogP contribution in [0.3, 0.4) is 0 Å². The summed E-state index contributed by atoms with van der Waals surface area (Å²) in [6, 6.07) is -1.45. The van der Waals surface area contributed by atoms with Crippen LogP contribution < -0.4 is 5.32 Å². The molecule has 3 fully saturated rings. The summed E-state index contributed by atoms with van der Waals surface area (Å²) in [6.07, 6.45) is -19.5. The maximum atomic E-state index is 11.6. The van der Waals surface area contributed by atoms with Crippen LogP contribution in [0.5, 0.6) is 0 Å². The number of carbonyl (C=O) groups excluding carboxylic acids is 1. The average molecular weight is 545 g/mol. The van der Waals surface area contributed by atoms with Crippen LogP contribution in [-0.4, -0.2) is 169 Å². The molecule has 11 N–H and O–H groups in total. The molecule has 1 amide bonds. The van der Waals surface area contributed by atoms with E-state index in [1.807, 2.05) is 0 Å². The lowest BCUT2D eigenvalue weighted by Gasteiger charge is -2.45. The highest BCUT2D eigenvalue weighted by Gasteiger charge is 2.59. The Labute approximate surface area is 210 Å². The molecule has 3 saturated heterocycles. The normalized spacial score (nSPS) is 48.7. The van der Waals surface area contributed by atoms with Crippen molar-refractivity contribution in [1.29, 1.82) is 0 Å². The summed E-state index contributed by atoms with van der Waals surface area (Å²) in [5.41, 5.74) is 0. The van der Waals surface area contributed by atoms with Crippen LogP contribution in [0.1, 0.15) is 6.92 Å². The van der Waals surface area contributed by atoms with E-state index in [2.05, 4.69) is 5.32 Å². The Balaban J connectivity index is 1.73. The first-order chi connectivity index (χ1) is 17.4. The van der Waals surface area contributed by atoms with Gasteiger partial charge in [-0.1, -0.05) is 0 Å². The van der Waals surface area contributed by atoms with E-state index in [1.165, 1.54) is 0 Å². The Morgan fingerprint density at radius 3 is 1.89 bits per heavy atom. The lowest BCUT2D eigenvalue weighted by molar-refractivity contribution is -0.370. The molecule has 17 nitrogen and oxygen atoms in total. The van der Waals surface area contributed by atoms with Crippen LogP contribution in [0.15, 0.2) is 0 Å². The smallest absolute Gasteiger partial charge is 0.224 e. The highest BCUT2D eigenvalue weighted by atomic mass is 16.8. The fraction of sp³-hybridized carbons (Fsp3) is 0.950. The standard InChI is InChI=1S/C20H35NO16/c1-6(25)21-10-14(29)11(26)7(2-22)34-18(10)37-20(5-24)17(32)13(28)9(36-20)4-33-19-16(31)15(30)12(27)8(3-23)35-19/h7-19,22-24,26-32H,2-5H2,1H3,(H,21,25)/t7-,8-,9-,10-,11-,12+,13-,14-,15+,16-,17+,18-,19-,20+/m1/s1. The second-order valence-electron chi connectivity index (χ2n) is 9.14. The Bertz CT molecular complexity index is 760. The van der Waals surface area contributed by atoms with E-state index in [-0.39, 0.29) is 0 Å². The van der Waals surface area contributed by atoms with Gasteiger partial charge < -0.3 is 80.1 Å². The van der Waals surface area contributed by atoms with Gasteiger partial charge in [0.15, 0.2) is 12.6 Å². The summed E-state index contributed by atoms with van der Waals surface area (Å²) in [5.74, 6) is -3.07. The first-order valence-electron chi connectivity index (χ1n) is 11.5. The van der Waals surface area contributed by atoms with Crippen molar-refractivity contribution in [1.82, 2.24) is 5.32 Å². The van der Waals surface area contributed by atoms with E-state index in [0.29, 0.717) is 0 Å². The summed E-state index contributed by atoms with van der Waals surface area (Å²) in [5, 5.41) is 103. The number of nitrogens with one attached hydrogen (secondary N) is 1. The summed E-state index contributed by atoms with van der Waals surface area (Å²) >= 11 is 0. The summed E-state index contributed by atoms with van der Waals surface area (Å²) in [6.45, 7) is -2.07. The second-order valence-corrected chi connectivity index (χ2v) is 9.14. The van der Waals surface area contributed by atoms with E-state index in [4.69, 9.17) is 23.7 Å². The Morgan fingerprint density at radius 2 is 1.35 bits per heavy atom. The zero-order valence-electron chi connectivity index (χ0n) is 19.8. The van der Waals surface area contributed by atoms with Gasteiger partial charge in [-0.25, -0.2) is 0 Å². The molecule has 0 aromatic heterocycles. The maximum absolute atomic E-state index is 11.6. The van der Waals surface area contributed by atoms with Crippen LogP contribution in [0.25, 0.3) is 0 Å². The molecule has 17 heteroatoms. The van der Waals surface area contributed by atoms with Gasteiger partial charge in [0.2, 0.25) is 11.7 Å². The number of rotatable bonds is 9. The molecule has 0 aliphatic carbocycles. The van der Waals surface area contributed by atoms with Gasteiger partial charge in [0.1, 0.15) is 73.7 Å². The molecule has 37 heavy (non-hydrogen) atoms. The third-order valence-corrected chi connectivity index (χ3v) is 6.57. The van der Waals surface area contributed by atoms with Crippen molar-refractivity contribution < 1.29 is 79.5 Å².